The molecule has 1 rings (SSSR count). The van der Waals surface area contributed by atoms with Gasteiger partial charge in [-0.15, -0.1) is 0 Å². The third-order valence-corrected chi connectivity index (χ3v) is 3.86. The minimum Gasteiger partial charge on any atom is -0.476 e. The van der Waals surface area contributed by atoms with E-state index >= 15 is 0 Å². The first-order valence-corrected chi connectivity index (χ1v) is 8.22. The molecule has 0 saturated carbocycles. The Labute approximate surface area is 122 Å². The van der Waals surface area contributed by atoms with E-state index in [1.807, 2.05) is 25.9 Å². The zero-order valence-corrected chi connectivity index (χ0v) is 13.6. The highest BCUT2D eigenvalue weighted by Gasteiger charge is 2.15. The Bertz CT molecular complexity index is 520. The Morgan fingerprint density at radius 1 is 1.47 bits per heavy atom. The average Bonchev–Trinajstić information content (AvgIpc) is 2.30. The summed E-state index contributed by atoms with van der Waals surface area (Å²) in [6, 6.07) is 1.63. The fraction of sp³-hybridized carbons (Fsp3) is 0.545. The SMILES string of the molecule is CCOc1ncc(Br)cc1NS(=O)(=O)CCN(C)C. The Morgan fingerprint density at radius 2 is 2.16 bits per heavy atom. The number of rotatable bonds is 7. The zero-order valence-electron chi connectivity index (χ0n) is 11.2. The molecular weight excluding hydrogens is 334 g/mol. The summed E-state index contributed by atoms with van der Waals surface area (Å²) in [5, 5.41) is 0. The van der Waals surface area contributed by atoms with Gasteiger partial charge in [0.05, 0.1) is 12.4 Å². The lowest BCUT2D eigenvalue weighted by Crippen LogP contribution is -2.26. The predicted octanol–water partition coefficient (Wildman–Crippen LogP) is 1.55. The molecule has 1 N–H and O–H groups in total. The van der Waals surface area contributed by atoms with Gasteiger partial charge in [0.2, 0.25) is 15.9 Å². The number of hydrogen-bond acceptors (Lipinski definition) is 5. The molecule has 0 aliphatic heterocycles. The highest BCUT2D eigenvalue weighted by molar-refractivity contribution is 9.10. The maximum atomic E-state index is 11.9. The highest BCUT2D eigenvalue weighted by Crippen LogP contribution is 2.26. The molecule has 0 atom stereocenters. The molecule has 0 amide bonds. The van der Waals surface area contributed by atoms with E-state index in [4.69, 9.17) is 4.74 Å². The van der Waals surface area contributed by atoms with Crippen LogP contribution in [-0.2, 0) is 10.0 Å². The topological polar surface area (TPSA) is 71.5 Å². The van der Waals surface area contributed by atoms with Crippen LogP contribution in [-0.4, -0.2) is 51.3 Å². The number of halogens is 1. The van der Waals surface area contributed by atoms with E-state index in [1.54, 1.807) is 12.3 Å². The summed E-state index contributed by atoms with van der Waals surface area (Å²) in [4.78, 5) is 5.85. The summed E-state index contributed by atoms with van der Waals surface area (Å²) in [5.74, 6) is 0.289. The summed E-state index contributed by atoms with van der Waals surface area (Å²) < 4.78 is 32.3. The first-order valence-electron chi connectivity index (χ1n) is 5.77. The van der Waals surface area contributed by atoms with E-state index in [2.05, 4.69) is 25.6 Å². The van der Waals surface area contributed by atoms with Crippen LogP contribution in [0.2, 0.25) is 0 Å². The predicted molar refractivity (Wildman–Crippen MR) is 79.1 cm³/mol. The molecule has 19 heavy (non-hydrogen) atoms. The summed E-state index contributed by atoms with van der Waals surface area (Å²) >= 11 is 3.26. The van der Waals surface area contributed by atoms with Crippen molar-refractivity contribution >= 4 is 31.6 Å². The quantitative estimate of drug-likeness (QED) is 0.806. The molecule has 1 aromatic rings. The summed E-state index contributed by atoms with van der Waals surface area (Å²) in [6.07, 6.45) is 1.56. The first kappa shape index (κ1) is 16.2. The molecule has 0 saturated heterocycles. The maximum absolute atomic E-state index is 11.9. The van der Waals surface area contributed by atoms with E-state index in [0.717, 1.165) is 0 Å². The van der Waals surface area contributed by atoms with E-state index in [9.17, 15) is 8.42 Å². The molecule has 0 aliphatic carbocycles. The minimum atomic E-state index is -3.42. The second kappa shape index (κ2) is 7.06. The molecule has 0 aliphatic rings. The van der Waals surface area contributed by atoms with Crippen molar-refractivity contribution in [2.45, 2.75) is 6.92 Å². The van der Waals surface area contributed by atoms with Gasteiger partial charge in [0, 0.05) is 17.2 Å². The smallest absolute Gasteiger partial charge is 0.238 e. The second-order valence-corrected chi connectivity index (χ2v) is 6.92. The largest absolute Gasteiger partial charge is 0.476 e. The molecule has 0 unspecified atom stereocenters. The van der Waals surface area contributed by atoms with Gasteiger partial charge in [-0.1, -0.05) is 0 Å². The average molecular weight is 352 g/mol. The van der Waals surface area contributed by atoms with Gasteiger partial charge in [-0.2, -0.15) is 0 Å². The Morgan fingerprint density at radius 3 is 2.74 bits per heavy atom. The fourth-order valence-corrected chi connectivity index (χ4v) is 2.79. The van der Waals surface area contributed by atoms with Crippen molar-refractivity contribution in [2.75, 3.05) is 37.7 Å². The van der Waals surface area contributed by atoms with Crippen molar-refractivity contribution in [2.24, 2.45) is 0 Å². The lowest BCUT2D eigenvalue weighted by atomic mass is 10.4. The van der Waals surface area contributed by atoms with Crippen LogP contribution in [0.25, 0.3) is 0 Å². The number of nitrogens with one attached hydrogen (secondary N) is 1. The van der Waals surface area contributed by atoms with Crippen LogP contribution in [0.5, 0.6) is 5.88 Å². The van der Waals surface area contributed by atoms with Crippen LogP contribution in [0, 0.1) is 0 Å². The first-order chi connectivity index (χ1) is 8.84. The standard InChI is InChI=1S/C11H18BrN3O3S/c1-4-18-11-10(7-9(12)8-13-11)14-19(16,17)6-5-15(2)3/h7-8,14H,4-6H2,1-3H3. The normalized spacial score (nSPS) is 11.6. The minimum absolute atomic E-state index is 0.0120. The Kier molecular flexibility index (Phi) is 6.02. The molecule has 1 aromatic heterocycles. The van der Waals surface area contributed by atoms with Gasteiger partial charge in [0.1, 0.15) is 5.69 Å². The molecule has 0 spiro atoms. The fourth-order valence-electron chi connectivity index (χ4n) is 1.27. The van der Waals surface area contributed by atoms with Crippen molar-refractivity contribution in [3.63, 3.8) is 0 Å². The third-order valence-electron chi connectivity index (χ3n) is 2.17. The van der Waals surface area contributed by atoms with Gasteiger partial charge in [0.25, 0.3) is 0 Å². The van der Waals surface area contributed by atoms with Crippen LogP contribution >= 0.6 is 15.9 Å². The number of anilines is 1. The molecule has 0 radical (unpaired) electrons. The summed E-state index contributed by atoms with van der Waals surface area (Å²) in [7, 11) is 0.223. The van der Waals surface area contributed by atoms with E-state index in [0.29, 0.717) is 23.3 Å². The molecule has 1 heterocycles. The lowest BCUT2D eigenvalue weighted by molar-refractivity contribution is 0.328. The zero-order chi connectivity index (χ0) is 14.5. The second-order valence-electron chi connectivity index (χ2n) is 4.16. The van der Waals surface area contributed by atoms with Crippen molar-refractivity contribution in [1.82, 2.24) is 9.88 Å². The van der Waals surface area contributed by atoms with Gasteiger partial charge in [-0.3, -0.25) is 4.72 Å². The van der Waals surface area contributed by atoms with Gasteiger partial charge < -0.3 is 9.64 Å². The van der Waals surface area contributed by atoms with Crippen LogP contribution in [0.3, 0.4) is 0 Å². The molecule has 0 bridgehead atoms. The van der Waals surface area contributed by atoms with Crippen LogP contribution in [0.4, 0.5) is 5.69 Å². The van der Waals surface area contributed by atoms with Gasteiger partial charge in [0.15, 0.2) is 0 Å². The number of sulfonamides is 1. The molecule has 6 nitrogen and oxygen atoms in total. The van der Waals surface area contributed by atoms with Gasteiger partial charge in [-0.25, -0.2) is 13.4 Å². The summed E-state index contributed by atoms with van der Waals surface area (Å²) in [5.41, 5.74) is 0.343. The number of aromatic nitrogens is 1. The molecule has 0 aromatic carbocycles. The monoisotopic (exact) mass is 351 g/mol. The lowest BCUT2D eigenvalue weighted by Gasteiger charge is -2.14. The van der Waals surface area contributed by atoms with Crippen LogP contribution in [0.15, 0.2) is 16.7 Å². The van der Waals surface area contributed by atoms with E-state index < -0.39 is 10.0 Å². The third kappa shape index (κ3) is 5.75. The molecular formula is C11H18BrN3O3S. The number of nitrogens with zero attached hydrogens (tertiary/aromatic N) is 2. The Hall–Kier alpha value is -0.860. The van der Waals surface area contributed by atoms with Gasteiger partial charge >= 0.3 is 0 Å². The highest BCUT2D eigenvalue weighted by atomic mass is 79.9. The van der Waals surface area contributed by atoms with Crippen molar-refractivity contribution in [3.8, 4) is 5.88 Å². The van der Waals surface area contributed by atoms with Crippen molar-refractivity contribution < 1.29 is 13.2 Å². The number of ether oxygens (including phenoxy) is 1. The summed E-state index contributed by atoms with van der Waals surface area (Å²) in [6.45, 7) is 2.68. The molecule has 0 fully saturated rings. The maximum Gasteiger partial charge on any atom is 0.238 e. The molecule has 8 heteroatoms. The van der Waals surface area contributed by atoms with E-state index in [1.165, 1.54) is 0 Å². The van der Waals surface area contributed by atoms with Gasteiger partial charge in [-0.05, 0) is 43.0 Å². The van der Waals surface area contributed by atoms with E-state index in [-0.39, 0.29) is 11.6 Å². The van der Waals surface area contributed by atoms with Crippen LogP contribution < -0.4 is 9.46 Å². The Balaban J connectivity index is 2.88. The van der Waals surface area contributed by atoms with Crippen molar-refractivity contribution in [1.29, 1.82) is 0 Å². The molecule has 108 valence electrons. The van der Waals surface area contributed by atoms with Crippen molar-refractivity contribution in [3.05, 3.63) is 16.7 Å². The van der Waals surface area contributed by atoms with Crippen LogP contribution in [0.1, 0.15) is 6.92 Å². The number of hydrogen-bond donors (Lipinski definition) is 1. The number of pyridine rings is 1.